The zero-order chi connectivity index (χ0) is 18.5. The molecule has 1 amide bonds. The summed E-state index contributed by atoms with van der Waals surface area (Å²) in [6.45, 7) is 5.00. The summed E-state index contributed by atoms with van der Waals surface area (Å²) in [5.41, 5.74) is 3.31. The third kappa shape index (κ3) is 4.47. The zero-order valence-corrected chi connectivity index (χ0v) is 15.9. The monoisotopic (exact) mass is 369 g/mol. The lowest BCUT2D eigenvalue weighted by molar-refractivity contribution is -0.131. The second-order valence-corrected chi connectivity index (χ2v) is 7.73. The highest BCUT2D eigenvalue weighted by molar-refractivity contribution is 7.99. The van der Waals surface area contributed by atoms with E-state index in [1.165, 1.54) is 18.1 Å². The maximum atomic E-state index is 12.8. The Labute approximate surface area is 158 Å². The van der Waals surface area contributed by atoms with Gasteiger partial charge in [0, 0.05) is 36.6 Å². The molecule has 2 aromatic carbocycles. The minimum absolute atomic E-state index is 0.0328. The molecular formula is C21H23NO3S. The molecule has 5 heteroatoms. The Kier molecular flexibility index (Phi) is 5.99. The van der Waals surface area contributed by atoms with Gasteiger partial charge < -0.3 is 9.64 Å². The van der Waals surface area contributed by atoms with Gasteiger partial charge in [0.25, 0.3) is 5.91 Å². The molecule has 0 saturated carbocycles. The van der Waals surface area contributed by atoms with Gasteiger partial charge in [0.1, 0.15) is 5.75 Å². The van der Waals surface area contributed by atoms with Gasteiger partial charge in [-0.25, -0.2) is 0 Å². The molecule has 0 bridgehead atoms. The molecule has 1 heterocycles. The molecule has 1 aliphatic rings. The molecular weight excluding hydrogens is 346 g/mol. The standard InChI is InChI=1S/C21H23NO3S/c1-15-5-3-4-6-19(15)20-11-12-22(13-14-26-20)21(24)17-7-9-18(10-8-17)25-16(2)23/h3-10,20H,11-14H2,1-2H3/t20-/m1/s1. The van der Waals surface area contributed by atoms with E-state index in [2.05, 4.69) is 31.2 Å². The van der Waals surface area contributed by atoms with E-state index in [9.17, 15) is 9.59 Å². The lowest BCUT2D eigenvalue weighted by Gasteiger charge is -2.21. The fourth-order valence-corrected chi connectivity index (χ4v) is 4.51. The van der Waals surface area contributed by atoms with Crippen LogP contribution in [0.15, 0.2) is 48.5 Å². The number of carbonyl (C=O) groups excluding carboxylic acids is 2. The number of benzene rings is 2. The molecule has 4 nitrogen and oxygen atoms in total. The summed E-state index contributed by atoms with van der Waals surface area (Å²) in [5, 5.41) is 0.431. The van der Waals surface area contributed by atoms with Crippen LogP contribution in [0, 0.1) is 6.92 Å². The maximum Gasteiger partial charge on any atom is 0.308 e. The van der Waals surface area contributed by atoms with E-state index >= 15 is 0 Å². The van der Waals surface area contributed by atoms with Crippen LogP contribution in [0.2, 0.25) is 0 Å². The average molecular weight is 369 g/mol. The first-order valence-electron chi connectivity index (χ1n) is 8.79. The van der Waals surface area contributed by atoms with Crippen LogP contribution in [0.5, 0.6) is 5.75 Å². The number of esters is 1. The van der Waals surface area contributed by atoms with Gasteiger partial charge >= 0.3 is 5.97 Å². The average Bonchev–Trinajstić information content (AvgIpc) is 2.88. The van der Waals surface area contributed by atoms with Gasteiger partial charge in [-0.15, -0.1) is 0 Å². The fraction of sp³-hybridized carbons (Fsp3) is 0.333. The van der Waals surface area contributed by atoms with Crippen molar-refractivity contribution in [1.82, 2.24) is 4.90 Å². The molecule has 1 atom stereocenters. The summed E-state index contributed by atoms with van der Waals surface area (Å²) in [6.07, 6.45) is 0.951. The van der Waals surface area contributed by atoms with Gasteiger partial charge in [-0.05, 0) is 48.7 Å². The molecule has 0 N–H and O–H groups in total. The van der Waals surface area contributed by atoms with Gasteiger partial charge in [0.2, 0.25) is 0 Å². The highest BCUT2D eigenvalue weighted by atomic mass is 32.2. The van der Waals surface area contributed by atoms with Crippen LogP contribution in [0.3, 0.4) is 0 Å². The zero-order valence-electron chi connectivity index (χ0n) is 15.1. The van der Waals surface area contributed by atoms with Crippen molar-refractivity contribution in [2.24, 2.45) is 0 Å². The third-order valence-corrected chi connectivity index (χ3v) is 5.84. The first-order valence-corrected chi connectivity index (χ1v) is 9.84. The van der Waals surface area contributed by atoms with Crippen molar-refractivity contribution < 1.29 is 14.3 Å². The minimum Gasteiger partial charge on any atom is -0.427 e. The van der Waals surface area contributed by atoms with Gasteiger partial charge in [-0.3, -0.25) is 9.59 Å². The number of nitrogens with zero attached hydrogens (tertiary/aromatic N) is 1. The van der Waals surface area contributed by atoms with E-state index in [1.807, 2.05) is 16.7 Å². The third-order valence-electron chi connectivity index (χ3n) is 4.53. The number of carbonyl (C=O) groups is 2. The first kappa shape index (κ1) is 18.5. The molecule has 0 radical (unpaired) electrons. The Morgan fingerprint density at radius 3 is 2.50 bits per heavy atom. The first-order chi connectivity index (χ1) is 12.5. The van der Waals surface area contributed by atoms with Gasteiger partial charge in [-0.1, -0.05) is 24.3 Å². The quantitative estimate of drug-likeness (QED) is 0.600. The van der Waals surface area contributed by atoms with Crippen molar-refractivity contribution >= 4 is 23.6 Å². The number of thioether (sulfide) groups is 1. The molecule has 3 rings (SSSR count). The SMILES string of the molecule is CC(=O)Oc1ccc(C(=O)N2CCS[C@@H](c3ccccc3C)CC2)cc1. The highest BCUT2D eigenvalue weighted by Crippen LogP contribution is 2.36. The number of ether oxygens (including phenoxy) is 1. The van der Waals surface area contributed by atoms with Crippen molar-refractivity contribution in [1.29, 1.82) is 0 Å². The topological polar surface area (TPSA) is 46.6 Å². The molecule has 2 aromatic rings. The van der Waals surface area contributed by atoms with E-state index in [0.29, 0.717) is 16.6 Å². The van der Waals surface area contributed by atoms with Crippen molar-refractivity contribution in [3.8, 4) is 5.75 Å². The van der Waals surface area contributed by atoms with Crippen LogP contribution >= 0.6 is 11.8 Å². The molecule has 136 valence electrons. The molecule has 0 spiro atoms. The molecule has 1 saturated heterocycles. The molecule has 0 aromatic heterocycles. The molecule has 0 aliphatic carbocycles. The Hall–Kier alpha value is -2.27. The van der Waals surface area contributed by atoms with Crippen molar-refractivity contribution in [2.75, 3.05) is 18.8 Å². The smallest absolute Gasteiger partial charge is 0.308 e. The summed E-state index contributed by atoms with van der Waals surface area (Å²) >= 11 is 1.93. The van der Waals surface area contributed by atoms with Crippen LogP contribution in [-0.4, -0.2) is 35.6 Å². The summed E-state index contributed by atoms with van der Waals surface area (Å²) in [7, 11) is 0. The number of rotatable bonds is 3. The van der Waals surface area contributed by atoms with Gasteiger partial charge in [0.05, 0.1) is 0 Å². The summed E-state index contributed by atoms with van der Waals surface area (Å²) < 4.78 is 5.02. The highest BCUT2D eigenvalue weighted by Gasteiger charge is 2.23. The lowest BCUT2D eigenvalue weighted by atomic mass is 10.0. The number of aryl methyl sites for hydroxylation is 1. The predicted molar refractivity (Wildman–Crippen MR) is 105 cm³/mol. The van der Waals surface area contributed by atoms with Crippen LogP contribution in [-0.2, 0) is 4.79 Å². The summed E-state index contributed by atoms with van der Waals surface area (Å²) in [4.78, 5) is 25.7. The van der Waals surface area contributed by atoms with Crippen LogP contribution in [0.1, 0.15) is 40.1 Å². The normalized spacial score (nSPS) is 17.5. The van der Waals surface area contributed by atoms with E-state index in [-0.39, 0.29) is 11.9 Å². The van der Waals surface area contributed by atoms with Crippen LogP contribution < -0.4 is 4.74 Å². The molecule has 1 fully saturated rings. The predicted octanol–water partition coefficient (Wildman–Crippen LogP) is 4.24. The van der Waals surface area contributed by atoms with Gasteiger partial charge in [0.15, 0.2) is 0 Å². The summed E-state index contributed by atoms with van der Waals surface area (Å²) in [5.74, 6) is 1.05. The van der Waals surface area contributed by atoms with E-state index in [4.69, 9.17) is 4.74 Å². The summed E-state index contributed by atoms with van der Waals surface area (Å²) in [6, 6.07) is 15.3. The van der Waals surface area contributed by atoms with Crippen LogP contribution in [0.25, 0.3) is 0 Å². The molecule has 1 aliphatic heterocycles. The maximum absolute atomic E-state index is 12.8. The Morgan fingerprint density at radius 1 is 1.08 bits per heavy atom. The van der Waals surface area contributed by atoms with Crippen molar-refractivity contribution in [3.63, 3.8) is 0 Å². The van der Waals surface area contributed by atoms with E-state index < -0.39 is 0 Å². The fourth-order valence-electron chi connectivity index (χ4n) is 3.18. The lowest BCUT2D eigenvalue weighted by Crippen LogP contribution is -2.32. The second-order valence-electron chi connectivity index (χ2n) is 6.41. The Balaban J connectivity index is 1.66. The molecule has 26 heavy (non-hydrogen) atoms. The minimum atomic E-state index is -0.365. The second kappa shape index (κ2) is 8.41. The van der Waals surface area contributed by atoms with Crippen molar-refractivity contribution in [3.05, 3.63) is 65.2 Å². The largest absolute Gasteiger partial charge is 0.427 e. The van der Waals surface area contributed by atoms with Gasteiger partial charge in [-0.2, -0.15) is 11.8 Å². The van der Waals surface area contributed by atoms with E-state index in [0.717, 1.165) is 25.3 Å². The van der Waals surface area contributed by atoms with Crippen LogP contribution in [0.4, 0.5) is 0 Å². The Bertz CT molecular complexity index is 788. The van der Waals surface area contributed by atoms with Crippen molar-refractivity contribution in [2.45, 2.75) is 25.5 Å². The number of hydrogen-bond acceptors (Lipinski definition) is 4. The number of amides is 1. The van der Waals surface area contributed by atoms with E-state index in [1.54, 1.807) is 24.3 Å². The molecule has 0 unspecified atom stereocenters. The number of hydrogen-bond donors (Lipinski definition) is 0. The Morgan fingerprint density at radius 2 is 1.81 bits per heavy atom.